The van der Waals surface area contributed by atoms with Crippen LogP contribution < -0.4 is 5.32 Å². The van der Waals surface area contributed by atoms with E-state index in [1.54, 1.807) is 18.7 Å². The summed E-state index contributed by atoms with van der Waals surface area (Å²) in [6, 6.07) is 0.148. The smallest absolute Gasteiger partial charge is 0.238 e. The van der Waals surface area contributed by atoms with Gasteiger partial charge in [-0.2, -0.15) is 0 Å². The fraction of sp³-hybridized carbons (Fsp3) is 0.909. The molecule has 1 saturated heterocycles. The summed E-state index contributed by atoms with van der Waals surface area (Å²) in [5, 5.41) is 2.55. The van der Waals surface area contributed by atoms with Crippen LogP contribution in [0.5, 0.6) is 0 Å². The third-order valence-corrected chi connectivity index (χ3v) is 5.27. The lowest BCUT2D eigenvalue weighted by molar-refractivity contribution is -0.129. The maximum atomic E-state index is 12.0. The lowest BCUT2D eigenvalue weighted by atomic mass is 10.2. The van der Waals surface area contributed by atoms with Crippen LogP contribution in [0.4, 0.5) is 0 Å². The second-order valence-electron chi connectivity index (χ2n) is 4.80. The Bertz CT molecular complexity index is 365. The average Bonchev–Trinajstić information content (AvgIpc) is 2.65. The number of carbonyl (C=O) groups is 1. The first-order valence-corrected chi connectivity index (χ1v) is 7.75. The molecule has 0 spiro atoms. The molecule has 1 fully saturated rings. The van der Waals surface area contributed by atoms with Crippen molar-refractivity contribution < 1.29 is 13.2 Å². The Morgan fingerprint density at radius 2 is 2.12 bits per heavy atom. The van der Waals surface area contributed by atoms with Crippen LogP contribution in [0, 0.1) is 0 Å². The van der Waals surface area contributed by atoms with Crippen molar-refractivity contribution >= 4 is 15.7 Å². The number of likely N-dealkylation sites (tertiary alicyclic amines) is 1. The number of nitrogens with one attached hydrogen (secondary N) is 1. The summed E-state index contributed by atoms with van der Waals surface area (Å²) in [6.07, 6.45) is 1.91. The Morgan fingerprint density at radius 1 is 1.47 bits per heavy atom. The summed E-state index contributed by atoms with van der Waals surface area (Å²) in [5.74, 6) is -0.610. The molecule has 1 rings (SSSR count). The van der Waals surface area contributed by atoms with Gasteiger partial charge in [0.1, 0.15) is 5.75 Å². The number of hydrogen-bond donors (Lipinski definition) is 1. The Kier molecular flexibility index (Phi) is 4.94. The van der Waals surface area contributed by atoms with Gasteiger partial charge in [0.25, 0.3) is 0 Å². The third kappa shape index (κ3) is 3.67. The van der Waals surface area contributed by atoms with Crippen molar-refractivity contribution in [3.05, 3.63) is 0 Å². The summed E-state index contributed by atoms with van der Waals surface area (Å²) in [6.45, 7) is 4.63. The minimum atomic E-state index is -3.28. The molecule has 1 aliphatic rings. The van der Waals surface area contributed by atoms with Gasteiger partial charge in [0.05, 0.1) is 5.25 Å². The molecule has 0 aromatic carbocycles. The van der Waals surface area contributed by atoms with E-state index in [2.05, 4.69) is 5.32 Å². The predicted octanol–water partition coefficient (Wildman–Crippen LogP) is 0.0200. The summed E-state index contributed by atoms with van der Waals surface area (Å²) in [4.78, 5) is 13.7. The molecule has 0 radical (unpaired) electrons. The SMILES string of the molecule is CNCC1CCCN1C(=O)CS(=O)(=O)C(C)C. The molecule has 1 amide bonds. The predicted molar refractivity (Wildman–Crippen MR) is 67.6 cm³/mol. The van der Waals surface area contributed by atoms with Gasteiger partial charge in [-0.3, -0.25) is 4.79 Å². The van der Waals surface area contributed by atoms with Gasteiger partial charge in [-0.15, -0.1) is 0 Å². The van der Waals surface area contributed by atoms with Crippen molar-refractivity contribution in [2.24, 2.45) is 0 Å². The zero-order valence-corrected chi connectivity index (χ0v) is 11.6. The zero-order chi connectivity index (χ0) is 13.1. The molecule has 1 atom stereocenters. The van der Waals surface area contributed by atoms with Crippen molar-refractivity contribution in [2.45, 2.75) is 38.0 Å². The molecule has 0 aromatic heterocycles. The Hall–Kier alpha value is -0.620. The highest BCUT2D eigenvalue weighted by molar-refractivity contribution is 7.92. The van der Waals surface area contributed by atoms with Crippen molar-refractivity contribution in [2.75, 3.05) is 25.9 Å². The van der Waals surface area contributed by atoms with Gasteiger partial charge >= 0.3 is 0 Å². The van der Waals surface area contributed by atoms with Gasteiger partial charge in [-0.1, -0.05) is 0 Å². The Labute approximate surface area is 103 Å². The second kappa shape index (κ2) is 5.82. The number of likely N-dealkylation sites (N-methyl/N-ethyl adjacent to an activating group) is 1. The lowest BCUT2D eigenvalue weighted by Gasteiger charge is -2.24. The van der Waals surface area contributed by atoms with Crippen LogP contribution in [0.3, 0.4) is 0 Å². The molecule has 0 saturated carbocycles. The zero-order valence-electron chi connectivity index (χ0n) is 10.8. The molecule has 100 valence electrons. The van der Waals surface area contributed by atoms with Gasteiger partial charge in [0.15, 0.2) is 9.84 Å². The van der Waals surface area contributed by atoms with Crippen LogP contribution in [0.15, 0.2) is 0 Å². The largest absolute Gasteiger partial charge is 0.338 e. The van der Waals surface area contributed by atoms with Crippen LogP contribution in [-0.2, 0) is 14.6 Å². The molecule has 1 unspecified atom stereocenters. The Morgan fingerprint density at radius 3 is 2.65 bits per heavy atom. The first-order chi connectivity index (χ1) is 7.88. The monoisotopic (exact) mass is 262 g/mol. The van der Waals surface area contributed by atoms with E-state index < -0.39 is 15.1 Å². The lowest BCUT2D eigenvalue weighted by Crippen LogP contribution is -2.44. The van der Waals surface area contributed by atoms with E-state index in [-0.39, 0.29) is 17.7 Å². The van der Waals surface area contributed by atoms with Crippen molar-refractivity contribution in [1.82, 2.24) is 10.2 Å². The van der Waals surface area contributed by atoms with Gasteiger partial charge in [-0.25, -0.2) is 8.42 Å². The number of rotatable bonds is 5. The minimum absolute atomic E-state index is 0.148. The van der Waals surface area contributed by atoms with Gasteiger partial charge in [0.2, 0.25) is 5.91 Å². The molecular weight excluding hydrogens is 240 g/mol. The summed E-state index contributed by atoms with van der Waals surface area (Å²) < 4.78 is 23.4. The first-order valence-electron chi connectivity index (χ1n) is 6.04. The minimum Gasteiger partial charge on any atom is -0.338 e. The number of carbonyl (C=O) groups excluding carboxylic acids is 1. The number of amides is 1. The van der Waals surface area contributed by atoms with Crippen molar-refractivity contribution in [1.29, 1.82) is 0 Å². The van der Waals surface area contributed by atoms with E-state index in [1.165, 1.54) is 0 Å². The molecule has 17 heavy (non-hydrogen) atoms. The van der Waals surface area contributed by atoms with Gasteiger partial charge in [0, 0.05) is 19.1 Å². The van der Waals surface area contributed by atoms with E-state index >= 15 is 0 Å². The summed E-state index contributed by atoms with van der Waals surface area (Å²) >= 11 is 0. The first kappa shape index (κ1) is 14.4. The van der Waals surface area contributed by atoms with Gasteiger partial charge in [-0.05, 0) is 33.7 Å². The van der Waals surface area contributed by atoms with Crippen LogP contribution in [0.1, 0.15) is 26.7 Å². The molecule has 1 aliphatic heterocycles. The fourth-order valence-electron chi connectivity index (χ4n) is 2.03. The standard InChI is InChI=1S/C11H22N2O3S/c1-9(2)17(15,16)8-11(14)13-6-4-5-10(13)7-12-3/h9-10,12H,4-8H2,1-3H3. The maximum absolute atomic E-state index is 12.0. The highest BCUT2D eigenvalue weighted by Gasteiger charge is 2.31. The van der Waals surface area contributed by atoms with Crippen molar-refractivity contribution in [3.8, 4) is 0 Å². The van der Waals surface area contributed by atoms with E-state index in [9.17, 15) is 13.2 Å². The molecule has 1 heterocycles. The quantitative estimate of drug-likeness (QED) is 0.758. The molecule has 1 N–H and O–H groups in total. The van der Waals surface area contributed by atoms with Crippen LogP contribution in [-0.4, -0.2) is 56.4 Å². The second-order valence-corrected chi connectivity index (χ2v) is 7.35. The van der Waals surface area contributed by atoms with Crippen LogP contribution in [0.25, 0.3) is 0 Å². The van der Waals surface area contributed by atoms with Gasteiger partial charge < -0.3 is 10.2 Å². The topological polar surface area (TPSA) is 66.5 Å². The van der Waals surface area contributed by atoms with E-state index in [0.717, 1.165) is 19.4 Å². The molecule has 6 heteroatoms. The number of hydrogen-bond acceptors (Lipinski definition) is 4. The third-order valence-electron chi connectivity index (χ3n) is 3.18. The van der Waals surface area contributed by atoms with E-state index in [0.29, 0.717) is 6.54 Å². The highest BCUT2D eigenvalue weighted by Crippen LogP contribution is 2.17. The molecule has 0 aliphatic carbocycles. The highest BCUT2D eigenvalue weighted by atomic mass is 32.2. The summed E-state index contributed by atoms with van der Waals surface area (Å²) in [5.41, 5.74) is 0. The Balaban J connectivity index is 2.64. The van der Waals surface area contributed by atoms with E-state index in [4.69, 9.17) is 0 Å². The number of nitrogens with zero attached hydrogens (tertiary/aromatic N) is 1. The van der Waals surface area contributed by atoms with E-state index in [1.807, 2.05) is 7.05 Å². The normalized spacial score (nSPS) is 21.2. The molecule has 0 bridgehead atoms. The van der Waals surface area contributed by atoms with Crippen LogP contribution in [0.2, 0.25) is 0 Å². The van der Waals surface area contributed by atoms with Crippen molar-refractivity contribution in [3.63, 3.8) is 0 Å². The number of sulfone groups is 1. The molecule has 0 aromatic rings. The van der Waals surface area contributed by atoms with Crippen LogP contribution >= 0.6 is 0 Å². The molecular formula is C11H22N2O3S. The average molecular weight is 262 g/mol. The maximum Gasteiger partial charge on any atom is 0.238 e. The fourth-order valence-corrected chi connectivity index (χ4v) is 2.88. The molecule has 5 nitrogen and oxygen atoms in total. The summed E-state index contributed by atoms with van der Waals surface area (Å²) in [7, 11) is -1.45.